The van der Waals surface area contributed by atoms with Gasteiger partial charge < -0.3 is 20.5 Å². The van der Waals surface area contributed by atoms with Crippen LogP contribution in [-0.2, 0) is 0 Å². The van der Waals surface area contributed by atoms with E-state index in [4.69, 9.17) is 0 Å². The number of aliphatic hydroxyl groups is 1. The average molecular weight is 438 g/mol. The topological polar surface area (TPSA) is 157 Å². The fourth-order valence-electron chi connectivity index (χ4n) is 3.15. The van der Waals surface area contributed by atoms with E-state index in [1.54, 1.807) is 0 Å². The zero-order chi connectivity index (χ0) is 22.2. The van der Waals surface area contributed by atoms with Crippen LogP contribution in [0.3, 0.4) is 0 Å². The fourth-order valence-corrected chi connectivity index (χ4v) is 3.15. The van der Waals surface area contributed by atoms with Crippen molar-refractivity contribution >= 4 is 17.7 Å². The Morgan fingerprint density at radius 2 is 2.06 bits per heavy atom. The number of benzene rings is 1. The second-order valence-electron chi connectivity index (χ2n) is 7.48. The number of hydrogen-bond donors (Lipinski definition) is 5. The van der Waals surface area contributed by atoms with Crippen molar-refractivity contribution in [1.29, 1.82) is 0 Å². The van der Waals surface area contributed by atoms with Gasteiger partial charge in [0.1, 0.15) is 11.5 Å². The highest BCUT2D eigenvalue weighted by Gasteiger charge is 2.21. The molecule has 0 aliphatic heterocycles. The molecule has 11 nitrogen and oxygen atoms in total. The summed E-state index contributed by atoms with van der Waals surface area (Å²) >= 11 is 0. The number of nitrogens with zero attached hydrogens (tertiary/aromatic N) is 5. The molecule has 0 amide bonds. The number of anilines is 1. The molecule has 0 spiro atoms. The van der Waals surface area contributed by atoms with Crippen LogP contribution in [0, 0.1) is 5.82 Å². The molecule has 0 saturated heterocycles. The number of nitrogens with one attached hydrogen (secondary N) is 3. The van der Waals surface area contributed by atoms with Crippen LogP contribution in [0.5, 0.6) is 5.88 Å². The lowest BCUT2D eigenvalue weighted by molar-refractivity contribution is 0.191. The largest absolute Gasteiger partial charge is 0.493 e. The van der Waals surface area contributed by atoms with Gasteiger partial charge in [0.25, 0.3) is 5.62 Å². The van der Waals surface area contributed by atoms with Crippen LogP contribution in [0.2, 0.25) is 0 Å². The molecule has 5 rings (SSSR count). The first-order valence-corrected chi connectivity index (χ1v) is 9.96. The van der Waals surface area contributed by atoms with Gasteiger partial charge in [-0.1, -0.05) is 12.1 Å². The predicted molar refractivity (Wildman–Crippen MR) is 111 cm³/mol. The second kappa shape index (κ2) is 7.89. The lowest BCUT2D eigenvalue weighted by Gasteiger charge is -2.12. The number of aromatic amines is 2. The van der Waals surface area contributed by atoms with Crippen LogP contribution in [-0.4, -0.2) is 52.3 Å². The molecule has 0 bridgehead atoms. The first-order chi connectivity index (χ1) is 15.5. The zero-order valence-corrected chi connectivity index (χ0v) is 16.7. The number of hydrogen-bond acceptors (Lipinski definition) is 8. The normalized spacial score (nSPS) is 16.1. The molecule has 164 valence electrons. The van der Waals surface area contributed by atoms with Crippen molar-refractivity contribution in [3.63, 3.8) is 0 Å². The van der Waals surface area contributed by atoms with Gasteiger partial charge in [-0.3, -0.25) is 4.98 Å². The molecule has 4 aromatic rings. The summed E-state index contributed by atoms with van der Waals surface area (Å²) in [6.07, 6.45) is 4.09. The molecular formula is C20H19FN8O3. The zero-order valence-electron chi connectivity index (χ0n) is 16.7. The van der Waals surface area contributed by atoms with Crippen LogP contribution in [0.1, 0.15) is 30.2 Å². The van der Waals surface area contributed by atoms with Gasteiger partial charge in [-0.25, -0.2) is 14.2 Å². The average Bonchev–Trinajstić information content (AvgIpc) is 3.41. The van der Waals surface area contributed by atoms with Crippen molar-refractivity contribution in [3.05, 3.63) is 68.9 Å². The summed E-state index contributed by atoms with van der Waals surface area (Å²) < 4.78 is 14.6. The van der Waals surface area contributed by atoms with E-state index in [-0.39, 0.29) is 35.9 Å². The maximum atomic E-state index is 13.1. The van der Waals surface area contributed by atoms with E-state index in [9.17, 15) is 19.4 Å². The van der Waals surface area contributed by atoms with Gasteiger partial charge in [0.2, 0.25) is 11.8 Å². The second-order valence-corrected chi connectivity index (χ2v) is 7.48. The number of aliphatic hydroxyl groups excluding tert-OH is 1. The Balaban J connectivity index is 1.52. The molecule has 3 aromatic heterocycles. The lowest BCUT2D eigenvalue weighted by Crippen LogP contribution is -2.26. The Morgan fingerprint density at radius 1 is 1.28 bits per heavy atom. The summed E-state index contributed by atoms with van der Waals surface area (Å²) in [6, 6.07) is 5.75. The lowest BCUT2D eigenvalue weighted by atomic mass is 10.1. The number of aromatic hydroxyl groups is 1. The van der Waals surface area contributed by atoms with Crippen LogP contribution < -0.4 is 21.8 Å². The van der Waals surface area contributed by atoms with Gasteiger partial charge in [-0.05, 0) is 36.6 Å². The molecule has 1 aliphatic rings. The first-order valence-electron chi connectivity index (χ1n) is 9.96. The minimum atomic E-state index is -0.905. The maximum absolute atomic E-state index is 13.1. The van der Waals surface area contributed by atoms with Crippen molar-refractivity contribution in [2.45, 2.75) is 25.0 Å². The molecule has 1 unspecified atom stereocenters. The SMILES string of the molecule is O=c1[nH]c(O)c(/C=c2/cnn3c(=NC4CC4)nc(NCC(O)c4ccc(F)cc4)nc23)[nH]1. The number of aromatic nitrogens is 6. The van der Waals surface area contributed by atoms with Gasteiger partial charge in [-0.15, -0.1) is 0 Å². The maximum Gasteiger partial charge on any atom is 0.326 e. The van der Waals surface area contributed by atoms with Crippen molar-refractivity contribution in [1.82, 2.24) is 29.5 Å². The summed E-state index contributed by atoms with van der Waals surface area (Å²) in [7, 11) is 0. The summed E-state index contributed by atoms with van der Waals surface area (Å²) in [5.74, 6) is -0.458. The predicted octanol–water partition coefficient (Wildman–Crippen LogP) is -0.258. The number of fused-ring (bicyclic) bond motifs is 1. The third-order valence-corrected chi connectivity index (χ3v) is 4.97. The van der Waals surface area contributed by atoms with Crippen LogP contribution in [0.4, 0.5) is 10.3 Å². The number of halogens is 1. The van der Waals surface area contributed by atoms with Crippen molar-refractivity contribution in [2.24, 2.45) is 4.99 Å². The fraction of sp³-hybridized carbons (Fsp3) is 0.250. The highest BCUT2D eigenvalue weighted by Crippen LogP contribution is 2.22. The van der Waals surface area contributed by atoms with E-state index < -0.39 is 11.8 Å². The third kappa shape index (κ3) is 4.07. The number of imidazole rings is 1. The highest BCUT2D eigenvalue weighted by molar-refractivity contribution is 5.57. The molecule has 1 aromatic carbocycles. The van der Waals surface area contributed by atoms with Crippen LogP contribution in [0.25, 0.3) is 11.7 Å². The molecule has 3 heterocycles. The Labute approximate surface area is 179 Å². The molecule has 12 heteroatoms. The number of H-pyrrole nitrogens is 2. The Kier molecular flexibility index (Phi) is 4.90. The van der Waals surface area contributed by atoms with Crippen molar-refractivity contribution in [2.75, 3.05) is 11.9 Å². The summed E-state index contributed by atoms with van der Waals surface area (Å²) in [6.45, 7) is 0.0871. The molecule has 1 aliphatic carbocycles. The van der Waals surface area contributed by atoms with Crippen LogP contribution >= 0.6 is 0 Å². The van der Waals surface area contributed by atoms with Crippen molar-refractivity contribution in [3.8, 4) is 5.88 Å². The number of rotatable bonds is 6. The molecule has 0 radical (unpaired) electrons. The van der Waals surface area contributed by atoms with Gasteiger partial charge in [0, 0.05) is 11.8 Å². The first kappa shape index (κ1) is 19.9. The van der Waals surface area contributed by atoms with Gasteiger partial charge in [0.15, 0.2) is 5.65 Å². The van der Waals surface area contributed by atoms with Gasteiger partial charge >= 0.3 is 5.69 Å². The van der Waals surface area contributed by atoms with E-state index in [1.165, 1.54) is 41.1 Å². The summed E-state index contributed by atoms with van der Waals surface area (Å²) in [5, 5.41) is 28.1. The third-order valence-electron chi connectivity index (χ3n) is 4.97. The van der Waals surface area contributed by atoms with E-state index in [0.29, 0.717) is 22.0 Å². The molecule has 1 fully saturated rings. The minimum Gasteiger partial charge on any atom is -0.493 e. The van der Waals surface area contributed by atoms with Gasteiger partial charge in [-0.2, -0.15) is 19.6 Å². The minimum absolute atomic E-state index is 0.0871. The standard InChI is InChI=1S/C20H19FN8O3/c21-12-3-1-10(2-4-12)15(30)9-22-18-26-16-11(7-14-17(31)27-20(32)25-14)8-23-29(16)19(28-18)24-13-5-6-13/h1-4,7-8,13,15,30-31H,5-6,9H2,(H,22,24,28)(H2,25,27,32)/b11-7-. The monoisotopic (exact) mass is 438 g/mol. The quantitative estimate of drug-likeness (QED) is 0.278. The molecule has 5 N–H and O–H groups in total. The van der Waals surface area contributed by atoms with E-state index in [2.05, 4.69) is 35.3 Å². The smallest absolute Gasteiger partial charge is 0.326 e. The molecule has 1 atom stereocenters. The molecule has 1 saturated carbocycles. The summed E-state index contributed by atoms with van der Waals surface area (Å²) in [4.78, 5) is 29.6. The molecule has 32 heavy (non-hydrogen) atoms. The van der Waals surface area contributed by atoms with Crippen LogP contribution in [0.15, 0.2) is 40.2 Å². The highest BCUT2D eigenvalue weighted by atomic mass is 19.1. The van der Waals surface area contributed by atoms with E-state index in [1.807, 2.05) is 0 Å². The Hall–Kier alpha value is -4.06. The Bertz CT molecular complexity index is 1450. The van der Waals surface area contributed by atoms with Crippen molar-refractivity contribution < 1.29 is 14.6 Å². The van der Waals surface area contributed by atoms with E-state index in [0.717, 1.165) is 12.8 Å². The molecular weight excluding hydrogens is 419 g/mol. The Morgan fingerprint density at radius 3 is 2.75 bits per heavy atom. The summed E-state index contributed by atoms with van der Waals surface area (Å²) in [5.41, 5.74) is 0.947. The van der Waals surface area contributed by atoms with Gasteiger partial charge in [0.05, 0.1) is 18.3 Å². The van der Waals surface area contributed by atoms with E-state index >= 15 is 0 Å².